The van der Waals surface area contributed by atoms with Crippen LogP contribution >= 0.6 is 22.6 Å². The summed E-state index contributed by atoms with van der Waals surface area (Å²) in [5.41, 5.74) is 0.822. The smallest absolute Gasteiger partial charge is 0.306 e. The molecule has 6 nitrogen and oxygen atoms in total. The van der Waals surface area contributed by atoms with Gasteiger partial charge >= 0.3 is 5.97 Å². The van der Waals surface area contributed by atoms with Crippen molar-refractivity contribution in [1.29, 1.82) is 0 Å². The number of nitro benzene ring substituents is 1. The molecule has 1 rings (SSSR count). The van der Waals surface area contributed by atoms with Gasteiger partial charge in [0.2, 0.25) is 0 Å². The van der Waals surface area contributed by atoms with E-state index in [9.17, 15) is 14.9 Å². The zero-order chi connectivity index (χ0) is 13.7. The molecule has 7 heteroatoms. The highest BCUT2D eigenvalue weighted by Crippen LogP contribution is 2.23. The zero-order valence-corrected chi connectivity index (χ0v) is 11.9. The second kappa shape index (κ2) is 6.53. The van der Waals surface area contributed by atoms with Gasteiger partial charge in [-0.2, -0.15) is 0 Å². The van der Waals surface area contributed by atoms with Crippen LogP contribution in [0, 0.1) is 19.6 Å². The van der Waals surface area contributed by atoms with E-state index in [1.807, 2.05) is 22.6 Å². The van der Waals surface area contributed by atoms with Crippen molar-refractivity contribution in [3.63, 3.8) is 0 Å². The first-order valence-electron chi connectivity index (χ1n) is 5.32. The van der Waals surface area contributed by atoms with E-state index in [0.717, 1.165) is 9.26 Å². The Morgan fingerprint density at radius 3 is 2.78 bits per heavy atom. The maximum atomic E-state index is 10.6. The van der Waals surface area contributed by atoms with E-state index in [4.69, 9.17) is 5.11 Å². The van der Waals surface area contributed by atoms with Crippen LogP contribution < -0.4 is 5.32 Å². The van der Waals surface area contributed by atoms with E-state index in [2.05, 4.69) is 5.32 Å². The average Bonchev–Trinajstić information content (AvgIpc) is 2.30. The van der Waals surface area contributed by atoms with Gasteiger partial charge in [-0.1, -0.05) is 6.92 Å². The summed E-state index contributed by atoms with van der Waals surface area (Å²) in [6, 6.07) is 4.53. The summed E-state index contributed by atoms with van der Waals surface area (Å²) in [6.07, 6.45) is 0.502. The standard InChI is InChI=1S/C11H13IN2O4/c1-7(11(15)16)4-5-13-10-3-2-8(14(17)18)6-9(10)12/h2-3,6-7,13H,4-5H2,1H3,(H,15,16). The average molecular weight is 364 g/mol. The van der Waals surface area contributed by atoms with E-state index in [1.165, 1.54) is 12.1 Å². The molecule has 0 saturated carbocycles. The van der Waals surface area contributed by atoms with Gasteiger partial charge in [-0.25, -0.2) is 0 Å². The molecule has 0 aliphatic rings. The fraction of sp³-hybridized carbons (Fsp3) is 0.364. The third-order valence-electron chi connectivity index (χ3n) is 2.48. The normalized spacial score (nSPS) is 11.9. The van der Waals surface area contributed by atoms with Gasteiger partial charge in [0, 0.05) is 27.9 Å². The van der Waals surface area contributed by atoms with E-state index in [0.29, 0.717) is 13.0 Å². The molecule has 2 N–H and O–H groups in total. The maximum absolute atomic E-state index is 10.6. The molecule has 1 atom stereocenters. The Morgan fingerprint density at radius 1 is 1.61 bits per heavy atom. The number of carbonyl (C=O) groups is 1. The Labute approximate surface area is 118 Å². The zero-order valence-electron chi connectivity index (χ0n) is 9.72. The molecule has 1 aromatic rings. The van der Waals surface area contributed by atoms with E-state index < -0.39 is 16.8 Å². The van der Waals surface area contributed by atoms with Crippen molar-refractivity contribution in [2.45, 2.75) is 13.3 Å². The van der Waals surface area contributed by atoms with Crippen LogP contribution in [0.1, 0.15) is 13.3 Å². The van der Waals surface area contributed by atoms with Gasteiger partial charge in [0.1, 0.15) is 0 Å². The van der Waals surface area contributed by atoms with E-state index in [-0.39, 0.29) is 5.69 Å². The number of rotatable bonds is 6. The van der Waals surface area contributed by atoms with Crippen LogP contribution in [0.5, 0.6) is 0 Å². The number of carboxylic acids is 1. The summed E-state index contributed by atoms with van der Waals surface area (Å²) in [5.74, 6) is -1.23. The number of non-ortho nitro benzene ring substituents is 1. The summed E-state index contributed by atoms with van der Waals surface area (Å²) in [5, 5.41) is 22.4. The molecule has 0 aromatic heterocycles. The van der Waals surface area contributed by atoms with Crippen LogP contribution in [0.25, 0.3) is 0 Å². The van der Waals surface area contributed by atoms with Crippen molar-refractivity contribution < 1.29 is 14.8 Å². The van der Waals surface area contributed by atoms with Gasteiger partial charge in [-0.15, -0.1) is 0 Å². The lowest BCUT2D eigenvalue weighted by Crippen LogP contribution is -2.14. The summed E-state index contributed by atoms with van der Waals surface area (Å²) in [4.78, 5) is 20.7. The van der Waals surface area contributed by atoms with Gasteiger partial charge in [0.05, 0.1) is 10.8 Å². The Morgan fingerprint density at radius 2 is 2.28 bits per heavy atom. The van der Waals surface area contributed by atoms with Crippen LogP contribution in [-0.4, -0.2) is 22.5 Å². The summed E-state index contributed by atoms with van der Waals surface area (Å²) >= 11 is 2.01. The molecule has 1 unspecified atom stereocenters. The molecular formula is C11H13IN2O4. The minimum atomic E-state index is -0.824. The van der Waals surface area contributed by atoms with Crippen LogP contribution in [0.3, 0.4) is 0 Å². The van der Waals surface area contributed by atoms with Crippen molar-refractivity contribution in [2.24, 2.45) is 5.92 Å². The Bertz CT molecular complexity index is 464. The van der Waals surface area contributed by atoms with Gasteiger partial charge in [0.15, 0.2) is 0 Å². The predicted octanol–water partition coefficient (Wildman–Crippen LogP) is 2.72. The molecule has 0 spiro atoms. The van der Waals surface area contributed by atoms with Crippen molar-refractivity contribution in [3.8, 4) is 0 Å². The fourth-order valence-electron chi connectivity index (χ4n) is 1.31. The monoisotopic (exact) mass is 364 g/mol. The summed E-state index contributed by atoms with van der Waals surface area (Å²) in [6.45, 7) is 2.16. The highest BCUT2D eigenvalue weighted by atomic mass is 127. The van der Waals surface area contributed by atoms with Crippen molar-refractivity contribution in [3.05, 3.63) is 31.9 Å². The molecular weight excluding hydrogens is 351 g/mol. The number of aliphatic carboxylic acids is 1. The number of nitrogens with one attached hydrogen (secondary N) is 1. The number of anilines is 1. The number of benzene rings is 1. The first kappa shape index (κ1) is 14.7. The number of carboxylic acid groups (broad SMARTS) is 1. The second-order valence-corrected chi connectivity index (χ2v) is 5.04. The van der Waals surface area contributed by atoms with Gasteiger partial charge < -0.3 is 10.4 Å². The molecule has 1 aromatic carbocycles. The van der Waals surface area contributed by atoms with Crippen molar-refractivity contribution in [2.75, 3.05) is 11.9 Å². The molecule has 0 aliphatic carbocycles. The highest BCUT2D eigenvalue weighted by Gasteiger charge is 2.11. The van der Waals surface area contributed by atoms with E-state index in [1.54, 1.807) is 13.0 Å². The SMILES string of the molecule is CC(CCNc1ccc([N+](=O)[O-])cc1I)C(=O)O. The lowest BCUT2D eigenvalue weighted by Gasteiger charge is -2.10. The first-order valence-corrected chi connectivity index (χ1v) is 6.40. The molecule has 0 fully saturated rings. The first-order chi connectivity index (χ1) is 8.41. The number of halogens is 1. The van der Waals surface area contributed by atoms with Crippen LogP contribution in [0.15, 0.2) is 18.2 Å². The highest BCUT2D eigenvalue weighted by molar-refractivity contribution is 14.1. The molecule has 0 radical (unpaired) electrons. The quantitative estimate of drug-likeness (QED) is 0.460. The molecule has 0 amide bonds. The lowest BCUT2D eigenvalue weighted by atomic mass is 10.1. The van der Waals surface area contributed by atoms with Gasteiger partial charge in [-0.05, 0) is 35.1 Å². The minimum absolute atomic E-state index is 0.0452. The summed E-state index contributed by atoms with van der Waals surface area (Å²) in [7, 11) is 0. The fourth-order valence-corrected chi connectivity index (χ4v) is 2.00. The second-order valence-electron chi connectivity index (χ2n) is 3.88. The minimum Gasteiger partial charge on any atom is -0.481 e. The van der Waals surface area contributed by atoms with Crippen molar-refractivity contribution >= 4 is 39.9 Å². The molecule has 0 heterocycles. The maximum Gasteiger partial charge on any atom is 0.306 e. The topological polar surface area (TPSA) is 92.5 Å². The Kier molecular flexibility index (Phi) is 5.32. The third-order valence-corrected chi connectivity index (χ3v) is 3.37. The van der Waals surface area contributed by atoms with Crippen LogP contribution in [-0.2, 0) is 4.79 Å². The molecule has 18 heavy (non-hydrogen) atoms. The van der Waals surface area contributed by atoms with Crippen molar-refractivity contribution in [1.82, 2.24) is 0 Å². The Balaban J connectivity index is 2.58. The molecule has 0 aliphatic heterocycles. The number of hydrogen-bond donors (Lipinski definition) is 2. The van der Waals surface area contributed by atoms with E-state index >= 15 is 0 Å². The largest absolute Gasteiger partial charge is 0.481 e. The number of nitro groups is 1. The summed E-state index contributed by atoms with van der Waals surface area (Å²) < 4.78 is 0.741. The number of hydrogen-bond acceptors (Lipinski definition) is 4. The molecule has 0 saturated heterocycles. The van der Waals surface area contributed by atoms with Gasteiger partial charge in [0.25, 0.3) is 5.69 Å². The Hall–Kier alpha value is -1.38. The molecule has 0 bridgehead atoms. The van der Waals surface area contributed by atoms with Gasteiger partial charge in [-0.3, -0.25) is 14.9 Å². The number of nitrogens with zero attached hydrogens (tertiary/aromatic N) is 1. The molecule has 98 valence electrons. The third kappa shape index (κ3) is 4.13. The van der Waals surface area contributed by atoms with Crippen LogP contribution in [0.4, 0.5) is 11.4 Å². The lowest BCUT2D eigenvalue weighted by molar-refractivity contribution is -0.384. The predicted molar refractivity (Wildman–Crippen MR) is 75.7 cm³/mol. The van der Waals surface area contributed by atoms with Crippen LogP contribution in [0.2, 0.25) is 0 Å².